The highest BCUT2D eigenvalue weighted by atomic mass is 32.1. The normalized spacial score (nSPS) is 17.0. The average Bonchev–Trinajstić information content (AvgIpc) is 2.89. The quantitative estimate of drug-likeness (QED) is 0.941. The van der Waals surface area contributed by atoms with E-state index in [-0.39, 0.29) is 0 Å². The number of rotatable bonds is 4. The standard InChI is InChI=1S/C16H22N4S/c1-12-5-3-4-6-14(12)11-20-9-7-15(8-10-20)18-16-17-13(2)19-21-16/h3-6,15H,7-11H2,1-2H3,(H,17,18,19). The first kappa shape index (κ1) is 14.5. The van der Waals surface area contributed by atoms with Crippen LogP contribution in [0.5, 0.6) is 0 Å². The molecule has 2 aromatic rings. The van der Waals surface area contributed by atoms with Gasteiger partial charge in [0.25, 0.3) is 0 Å². The molecule has 0 spiro atoms. The maximum atomic E-state index is 4.39. The van der Waals surface area contributed by atoms with Gasteiger partial charge in [-0.05, 0) is 37.8 Å². The monoisotopic (exact) mass is 302 g/mol. The molecule has 1 N–H and O–H groups in total. The Balaban J connectivity index is 1.50. The molecule has 0 saturated carbocycles. The van der Waals surface area contributed by atoms with E-state index >= 15 is 0 Å². The molecule has 4 nitrogen and oxygen atoms in total. The minimum absolute atomic E-state index is 0.533. The number of benzene rings is 1. The molecule has 0 amide bonds. The maximum Gasteiger partial charge on any atom is 0.202 e. The summed E-state index contributed by atoms with van der Waals surface area (Å²) in [6.07, 6.45) is 2.34. The summed E-state index contributed by atoms with van der Waals surface area (Å²) in [7, 11) is 0. The number of anilines is 1. The van der Waals surface area contributed by atoms with Gasteiger partial charge >= 0.3 is 0 Å². The van der Waals surface area contributed by atoms with Gasteiger partial charge in [-0.3, -0.25) is 4.90 Å². The molecule has 1 aromatic carbocycles. The van der Waals surface area contributed by atoms with Crippen molar-refractivity contribution in [2.45, 2.75) is 39.3 Å². The fourth-order valence-electron chi connectivity index (χ4n) is 2.79. The maximum absolute atomic E-state index is 4.39. The lowest BCUT2D eigenvalue weighted by molar-refractivity contribution is 0.211. The molecule has 112 valence electrons. The van der Waals surface area contributed by atoms with Gasteiger partial charge < -0.3 is 5.32 Å². The summed E-state index contributed by atoms with van der Waals surface area (Å²) in [4.78, 5) is 6.93. The highest BCUT2D eigenvalue weighted by molar-refractivity contribution is 7.09. The van der Waals surface area contributed by atoms with Crippen molar-refractivity contribution in [2.24, 2.45) is 0 Å². The molecule has 21 heavy (non-hydrogen) atoms. The molecular formula is C16H22N4S. The van der Waals surface area contributed by atoms with Crippen LogP contribution in [-0.2, 0) is 6.54 Å². The van der Waals surface area contributed by atoms with E-state index in [2.05, 4.69) is 50.8 Å². The number of nitrogens with zero attached hydrogens (tertiary/aromatic N) is 3. The lowest BCUT2D eigenvalue weighted by Gasteiger charge is -2.32. The summed E-state index contributed by atoms with van der Waals surface area (Å²) in [5.74, 6) is 0.861. The van der Waals surface area contributed by atoms with Crippen molar-refractivity contribution >= 4 is 16.7 Å². The smallest absolute Gasteiger partial charge is 0.202 e. The lowest BCUT2D eigenvalue weighted by Crippen LogP contribution is -2.38. The van der Waals surface area contributed by atoms with E-state index in [0.29, 0.717) is 6.04 Å². The van der Waals surface area contributed by atoms with E-state index in [9.17, 15) is 0 Å². The van der Waals surface area contributed by atoms with Crippen LogP contribution in [0.25, 0.3) is 0 Å². The van der Waals surface area contributed by atoms with E-state index in [1.165, 1.54) is 35.5 Å². The third-order valence-electron chi connectivity index (χ3n) is 4.10. The van der Waals surface area contributed by atoms with Crippen molar-refractivity contribution in [1.29, 1.82) is 0 Å². The number of aryl methyl sites for hydroxylation is 2. The van der Waals surface area contributed by atoms with Gasteiger partial charge in [0.05, 0.1) is 0 Å². The Morgan fingerprint density at radius 3 is 2.67 bits per heavy atom. The SMILES string of the molecule is Cc1nsc(NC2CCN(Cc3ccccc3C)CC2)n1. The number of nitrogens with one attached hydrogen (secondary N) is 1. The van der Waals surface area contributed by atoms with Crippen LogP contribution in [0.3, 0.4) is 0 Å². The first-order chi connectivity index (χ1) is 10.2. The second kappa shape index (κ2) is 6.54. The third-order valence-corrected chi connectivity index (χ3v) is 4.84. The van der Waals surface area contributed by atoms with Crippen LogP contribution in [0.2, 0.25) is 0 Å². The van der Waals surface area contributed by atoms with Crippen LogP contribution >= 0.6 is 11.5 Å². The van der Waals surface area contributed by atoms with Gasteiger partial charge in [0.2, 0.25) is 5.13 Å². The molecule has 0 bridgehead atoms. The Morgan fingerprint density at radius 1 is 1.24 bits per heavy atom. The second-order valence-electron chi connectivity index (χ2n) is 5.77. The van der Waals surface area contributed by atoms with Gasteiger partial charge in [-0.15, -0.1) is 0 Å². The Morgan fingerprint density at radius 2 is 2.00 bits per heavy atom. The summed E-state index contributed by atoms with van der Waals surface area (Å²) in [5.41, 5.74) is 2.84. The van der Waals surface area contributed by atoms with Crippen LogP contribution in [0.1, 0.15) is 29.8 Å². The first-order valence-corrected chi connectivity index (χ1v) is 8.32. The predicted molar refractivity (Wildman–Crippen MR) is 87.7 cm³/mol. The van der Waals surface area contributed by atoms with Crippen LogP contribution < -0.4 is 5.32 Å². The average molecular weight is 302 g/mol. The van der Waals surface area contributed by atoms with Gasteiger partial charge in [0, 0.05) is 37.2 Å². The summed E-state index contributed by atoms with van der Waals surface area (Å²) in [6, 6.07) is 9.21. The van der Waals surface area contributed by atoms with E-state index in [1.807, 2.05) is 6.92 Å². The van der Waals surface area contributed by atoms with Gasteiger partial charge in [-0.25, -0.2) is 4.98 Å². The Labute approximate surface area is 130 Å². The highest BCUT2D eigenvalue weighted by Crippen LogP contribution is 2.20. The number of hydrogen-bond donors (Lipinski definition) is 1. The minimum Gasteiger partial charge on any atom is -0.357 e. The fraction of sp³-hybridized carbons (Fsp3) is 0.500. The third kappa shape index (κ3) is 3.80. The Bertz CT molecular complexity index is 587. The molecule has 3 rings (SSSR count). The zero-order valence-corrected chi connectivity index (χ0v) is 13.5. The Hall–Kier alpha value is -1.46. The Kier molecular flexibility index (Phi) is 4.51. The van der Waals surface area contributed by atoms with Gasteiger partial charge in [0.15, 0.2) is 0 Å². The van der Waals surface area contributed by atoms with Crippen molar-refractivity contribution in [3.05, 3.63) is 41.2 Å². The molecular weight excluding hydrogens is 280 g/mol. The highest BCUT2D eigenvalue weighted by Gasteiger charge is 2.20. The molecule has 5 heteroatoms. The van der Waals surface area contributed by atoms with Gasteiger partial charge in [-0.2, -0.15) is 4.37 Å². The zero-order valence-electron chi connectivity index (χ0n) is 12.7. The van der Waals surface area contributed by atoms with Crippen LogP contribution in [0.4, 0.5) is 5.13 Å². The number of hydrogen-bond acceptors (Lipinski definition) is 5. The van der Waals surface area contributed by atoms with Crippen LogP contribution in [0.15, 0.2) is 24.3 Å². The fourth-order valence-corrected chi connectivity index (χ4v) is 3.45. The molecule has 2 heterocycles. The van der Waals surface area contributed by atoms with Crippen molar-refractivity contribution in [3.63, 3.8) is 0 Å². The van der Waals surface area contributed by atoms with Crippen molar-refractivity contribution in [3.8, 4) is 0 Å². The first-order valence-electron chi connectivity index (χ1n) is 7.54. The number of aromatic nitrogens is 2. The number of likely N-dealkylation sites (tertiary alicyclic amines) is 1. The molecule has 1 fully saturated rings. The van der Waals surface area contributed by atoms with Crippen LogP contribution in [-0.4, -0.2) is 33.4 Å². The summed E-state index contributed by atoms with van der Waals surface area (Å²) < 4.78 is 4.22. The summed E-state index contributed by atoms with van der Waals surface area (Å²) in [6.45, 7) is 7.48. The van der Waals surface area contributed by atoms with Gasteiger partial charge in [-0.1, -0.05) is 24.3 Å². The molecule has 0 aliphatic carbocycles. The second-order valence-corrected chi connectivity index (χ2v) is 6.52. The topological polar surface area (TPSA) is 41.1 Å². The van der Waals surface area contributed by atoms with E-state index < -0.39 is 0 Å². The molecule has 0 radical (unpaired) electrons. The predicted octanol–water partition coefficient (Wildman–Crippen LogP) is 3.23. The molecule has 1 aliphatic heterocycles. The van der Waals surface area contributed by atoms with Crippen molar-refractivity contribution in [1.82, 2.24) is 14.3 Å². The summed E-state index contributed by atoms with van der Waals surface area (Å²) >= 11 is 1.46. The van der Waals surface area contributed by atoms with E-state index in [4.69, 9.17) is 0 Å². The molecule has 0 unspecified atom stereocenters. The summed E-state index contributed by atoms with van der Waals surface area (Å²) in [5, 5.41) is 4.48. The lowest BCUT2D eigenvalue weighted by atomic mass is 10.0. The zero-order chi connectivity index (χ0) is 14.7. The van der Waals surface area contributed by atoms with Gasteiger partial charge in [0.1, 0.15) is 5.82 Å². The van der Waals surface area contributed by atoms with Crippen molar-refractivity contribution in [2.75, 3.05) is 18.4 Å². The molecule has 1 aromatic heterocycles. The minimum atomic E-state index is 0.533. The molecule has 0 atom stereocenters. The number of piperidine rings is 1. The molecule has 1 aliphatic rings. The van der Waals surface area contributed by atoms with E-state index in [0.717, 1.165) is 30.6 Å². The van der Waals surface area contributed by atoms with E-state index in [1.54, 1.807) is 0 Å². The van der Waals surface area contributed by atoms with Crippen LogP contribution in [0, 0.1) is 13.8 Å². The largest absolute Gasteiger partial charge is 0.357 e. The molecule has 1 saturated heterocycles. The van der Waals surface area contributed by atoms with Crippen molar-refractivity contribution < 1.29 is 0 Å².